The molecular formula is C28H14F2N2. The van der Waals surface area contributed by atoms with Crippen LogP contribution in [0.25, 0.3) is 43.8 Å². The fraction of sp³-hybridized carbons (Fsp3) is 0. The lowest BCUT2D eigenvalue weighted by molar-refractivity contribution is 0.627. The summed E-state index contributed by atoms with van der Waals surface area (Å²) in [5.41, 5.74) is 7.49. The monoisotopic (exact) mass is 416 g/mol. The van der Waals surface area contributed by atoms with Gasteiger partial charge in [-0.3, -0.25) is 0 Å². The second-order valence-corrected chi connectivity index (χ2v) is 7.48. The minimum absolute atomic E-state index is 0.0116. The van der Waals surface area contributed by atoms with Crippen molar-refractivity contribution in [3.05, 3.63) is 125 Å². The van der Waals surface area contributed by atoms with E-state index >= 15 is 0 Å². The topological polar surface area (TPSA) is 28.1 Å². The summed E-state index contributed by atoms with van der Waals surface area (Å²) in [5, 5.41) is 9.67. The summed E-state index contributed by atoms with van der Waals surface area (Å²) in [6, 6.07) is 26.2. The van der Waals surface area contributed by atoms with Crippen LogP contribution in [0.1, 0.15) is 11.1 Å². The van der Waals surface area contributed by atoms with Gasteiger partial charge in [-0.2, -0.15) is 0 Å². The third-order valence-electron chi connectivity index (χ3n) is 5.68. The number of rotatable bonds is 2. The van der Waals surface area contributed by atoms with Crippen molar-refractivity contribution in [3.8, 4) is 39.4 Å². The number of halogens is 2. The summed E-state index contributed by atoms with van der Waals surface area (Å²) in [6.07, 6.45) is 0. The molecule has 0 unspecified atom stereocenters. The molecule has 0 N–H and O–H groups in total. The van der Waals surface area contributed by atoms with Crippen molar-refractivity contribution in [2.45, 2.75) is 0 Å². The van der Waals surface area contributed by atoms with E-state index in [-0.39, 0.29) is 17.3 Å². The van der Waals surface area contributed by atoms with Gasteiger partial charge in [0.15, 0.2) is 0 Å². The van der Waals surface area contributed by atoms with Gasteiger partial charge < -0.3 is 0 Å². The fourth-order valence-corrected chi connectivity index (χ4v) is 4.15. The van der Waals surface area contributed by atoms with Gasteiger partial charge in [-0.1, -0.05) is 48.5 Å². The highest BCUT2D eigenvalue weighted by Gasteiger charge is 2.27. The lowest BCUT2D eigenvalue weighted by atomic mass is 9.96. The van der Waals surface area contributed by atoms with Crippen LogP contribution in [-0.4, -0.2) is 0 Å². The van der Waals surface area contributed by atoms with E-state index in [0.717, 1.165) is 44.5 Å². The molecule has 5 rings (SSSR count). The Morgan fingerprint density at radius 1 is 0.625 bits per heavy atom. The van der Waals surface area contributed by atoms with Crippen molar-refractivity contribution < 1.29 is 8.78 Å². The van der Waals surface area contributed by atoms with Crippen molar-refractivity contribution >= 4 is 5.57 Å². The van der Waals surface area contributed by atoms with Gasteiger partial charge in [-0.05, 0) is 80.9 Å². The highest BCUT2D eigenvalue weighted by molar-refractivity contribution is 6.05. The predicted molar refractivity (Wildman–Crippen MR) is 121 cm³/mol. The van der Waals surface area contributed by atoms with Crippen LogP contribution in [0.15, 0.2) is 90.6 Å². The number of hydrogen-bond donors (Lipinski definition) is 0. The van der Waals surface area contributed by atoms with Crippen molar-refractivity contribution in [2.24, 2.45) is 0 Å². The summed E-state index contributed by atoms with van der Waals surface area (Å²) in [4.78, 5) is 3.48. The molecule has 1 aliphatic carbocycles. The Bertz CT molecular complexity index is 1370. The second kappa shape index (κ2) is 7.61. The molecule has 0 saturated heterocycles. The van der Waals surface area contributed by atoms with Crippen molar-refractivity contribution in [1.82, 2.24) is 0 Å². The van der Waals surface area contributed by atoms with Gasteiger partial charge in [0.05, 0.1) is 12.6 Å². The normalized spacial score (nSPS) is 11.3. The first kappa shape index (κ1) is 19.4. The summed E-state index contributed by atoms with van der Waals surface area (Å²) in [7, 11) is 0. The summed E-state index contributed by atoms with van der Waals surface area (Å²) < 4.78 is 26.7. The predicted octanol–water partition coefficient (Wildman–Crippen LogP) is 7.48. The number of benzene rings is 4. The molecule has 0 saturated carbocycles. The van der Waals surface area contributed by atoms with E-state index in [4.69, 9.17) is 6.57 Å². The Kier molecular flexibility index (Phi) is 4.62. The van der Waals surface area contributed by atoms with E-state index in [2.05, 4.69) is 4.85 Å². The van der Waals surface area contributed by atoms with Crippen molar-refractivity contribution in [3.63, 3.8) is 0 Å². The first-order valence-corrected chi connectivity index (χ1v) is 9.92. The maximum Gasteiger partial charge on any atom is 0.270 e. The van der Waals surface area contributed by atoms with E-state index in [1.54, 1.807) is 24.3 Å². The highest BCUT2D eigenvalue weighted by Crippen LogP contribution is 2.48. The number of nitrogens with zero attached hydrogens (tertiary/aromatic N) is 2. The zero-order valence-electron chi connectivity index (χ0n) is 16.7. The average Bonchev–Trinajstić information content (AvgIpc) is 3.14. The quantitative estimate of drug-likeness (QED) is 0.217. The first-order valence-electron chi connectivity index (χ1n) is 9.92. The van der Waals surface area contributed by atoms with Gasteiger partial charge in [-0.15, -0.1) is 0 Å². The molecule has 0 heterocycles. The Hall–Kier alpha value is -4.54. The van der Waals surface area contributed by atoms with Gasteiger partial charge in [0.2, 0.25) is 0 Å². The minimum Gasteiger partial charge on any atom is -0.226 e. The number of fused-ring (bicyclic) bond motifs is 3. The first-order chi connectivity index (χ1) is 15.6. The zero-order chi connectivity index (χ0) is 22.2. The van der Waals surface area contributed by atoms with E-state index < -0.39 is 0 Å². The molecule has 4 aromatic carbocycles. The third-order valence-corrected chi connectivity index (χ3v) is 5.68. The standard InChI is InChI=1S/C28H14F2N2/c1-32-27(16-31)28-25-14-19(17-2-8-21(29)9-3-17)6-12-23(25)24-13-7-20(15-26(24)28)18-4-10-22(30)11-5-18/h2-15H. The molecule has 0 amide bonds. The molecule has 2 nitrogen and oxygen atoms in total. The molecule has 0 atom stereocenters. The van der Waals surface area contributed by atoms with Crippen LogP contribution < -0.4 is 0 Å². The van der Waals surface area contributed by atoms with E-state index in [1.165, 1.54) is 24.3 Å². The van der Waals surface area contributed by atoms with Gasteiger partial charge >= 0.3 is 0 Å². The van der Waals surface area contributed by atoms with Gasteiger partial charge in [0.25, 0.3) is 5.70 Å². The smallest absolute Gasteiger partial charge is 0.226 e. The molecule has 0 fully saturated rings. The molecule has 150 valence electrons. The molecule has 1 aliphatic rings. The van der Waals surface area contributed by atoms with Crippen LogP contribution >= 0.6 is 0 Å². The van der Waals surface area contributed by atoms with E-state index in [0.29, 0.717) is 5.57 Å². The Labute approximate surface area is 184 Å². The second-order valence-electron chi connectivity index (χ2n) is 7.48. The highest BCUT2D eigenvalue weighted by atomic mass is 19.1. The maximum absolute atomic E-state index is 13.4. The molecule has 4 heteroatoms. The average molecular weight is 416 g/mol. The molecule has 0 aliphatic heterocycles. The van der Waals surface area contributed by atoms with Gasteiger partial charge in [0, 0.05) is 5.57 Å². The van der Waals surface area contributed by atoms with Crippen LogP contribution in [0, 0.1) is 29.5 Å². The van der Waals surface area contributed by atoms with E-state index in [9.17, 15) is 14.0 Å². The lowest BCUT2D eigenvalue weighted by Gasteiger charge is -2.08. The largest absolute Gasteiger partial charge is 0.270 e. The molecule has 0 radical (unpaired) electrons. The maximum atomic E-state index is 13.4. The molecule has 0 spiro atoms. The Morgan fingerprint density at radius 3 is 1.41 bits per heavy atom. The van der Waals surface area contributed by atoms with Crippen LogP contribution in [-0.2, 0) is 0 Å². The molecule has 4 aromatic rings. The van der Waals surface area contributed by atoms with Crippen molar-refractivity contribution in [1.29, 1.82) is 5.26 Å². The number of nitriles is 1. The SMILES string of the molecule is [C-]#[N+]C(C#N)=C1c2cc(-c3ccc(F)cc3)ccc2-c2ccc(-c3ccc(F)cc3)cc21. The van der Waals surface area contributed by atoms with Crippen LogP contribution in [0.3, 0.4) is 0 Å². The Morgan fingerprint density at radius 2 is 1.03 bits per heavy atom. The third kappa shape index (κ3) is 3.16. The summed E-state index contributed by atoms with van der Waals surface area (Å²) in [6.45, 7) is 7.55. The van der Waals surface area contributed by atoms with Crippen molar-refractivity contribution in [2.75, 3.05) is 0 Å². The lowest BCUT2D eigenvalue weighted by Crippen LogP contribution is -1.88. The number of hydrogen-bond acceptors (Lipinski definition) is 1. The van der Waals surface area contributed by atoms with Gasteiger partial charge in [0.1, 0.15) is 11.6 Å². The summed E-state index contributed by atoms with van der Waals surface area (Å²) in [5.74, 6) is -0.619. The molecule has 0 aromatic heterocycles. The van der Waals surface area contributed by atoms with Crippen LogP contribution in [0.2, 0.25) is 0 Å². The zero-order valence-corrected chi connectivity index (χ0v) is 16.7. The molecule has 32 heavy (non-hydrogen) atoms. The molecular weight excluding hydrogens is 402 g/mol. The number of allylic oxidation sites excluding steroid dienone is 1. The fourth-order valence-electron chi connectivity index (χ4n) is 4.15. The Balaban J connectivity index is 1.71. The van der Waals surface area contributed by atoms with Crippen LogP contribution in [0.4, 0.5) is 8.78 Å². The molecule has 0 bridgehead atoms. The van der Waals surface area contributed by atoms with Gasteiger partial charge in [-0.25, -0.2) is 18.9 Å². The van der Waals surface area contributed by atoms with Crippen LogP contribution in [0.5, 0.6) is 0 Å². The van der Waals surface area contributed by atoms with E-state index in [1.807, 2.05) is 42.5 Å². The minimum atomic E-state index is -0.309. The summed E-state index contributed by atoms with van der Waals surface area (Å²) >= 11 is 0.